The summed E-state index contributed by atoms with van der Waals surface area (Å²) < 4.78 is 0. The molecular weight excluding hydrogens is 338 g/mol. The van der Waals surface area contributed by atoms with Crippen molar-refractivity contribution in [3.63, 3.8) is 0 Å². The summed E-state index contributed by atoms with van der Waals surface area (Å²) in [6.07, 6.45) is 16.7. The van der Waals surface area contributed by atoms with Gasteiger partial charge >= 0.3 is 0 Å². The molecule has 27 heavy (non-hydrogen) atoms. The van der Waals surface area contributed by atoms with Crippen LogP contribution in [0.4, 0.5) is 0 Å². The fourth-order valence-electron chi connectivity index (χ4n) is 2.81. The summed E-state index contributed by atoms with van der Waals surface area (Å²) in [5.41, 5.74) is 5.07. The van der Waals surface area contributed by atoms with Crippen molar-refractivity contribution in [2.45, 2.75) is 90.4 Å². The normalized spacial score (nSPS) is 22.4. The van der Waals surface area contributed by atoms with E-state index in [2.05, 4.69) is 44.1 Å². The summed E-state index contributed by atoms with van der Waals surface area (Å²) in [5.74, 6) is 0.0969. The van der Waals surface area contributed by atoms with Crippen LogP contribution in [0.25, 0.3) is 0 Å². The maximum atomic E-state index is 11.7. The van der Waals surface area contributed by atoms with Gasteiger partial charge in [0.25, 0.3) is 0 Å². The van der Waals surface area contributed by atoms with Gasteiger partial charge in [0.1, 0.15) is 5.78 Å². The number of carbonyl (C=O) groups excluding carboxylic acids is 1. The quantitative estimate of drug-likeness (QED) is 0.287. The molecular formula is C23H37NO3. The Bertz CT molecular complexity index is 540. The van der Waals surface area contributed by atoms with Gasteiger partial charge in [0.15, 0.2) is 0 Å². The van der Waals surface area contributed by atoms with Crippen molar-refractivity contribution in [1.29, 1.82) is 0 Å². The second-order valence-corrected chi connectivity index (χ2v) is 7.70. The van der Waals surface area contributed by atoms with Crippen molar-refractivity contribution in [3.8, 4) is 0 Å². The lowest BCUT2D eigenvalue weighted by atomic mass is 10.0. The number of unbranched alkanes of at least 4 members (excludes halogenated alkanes) is 1. The van der Waals surface area contributed by atoms with E-state index in [-0.39, 0.29) is 12.2 Å². The summed E-state index contributed by atoms with van der Waals surface area (Å²) in [4.78, 5) is 17.3. The van der Waals surface area contributed by atoms with Crippen LogP contribution >= 0.6 is 0 Å². The lowest BCUT2D eigenvalue weighted by Crippen LogP contribution is -2.37. The number of rotatable bonds is 12. The van der Waals surface area contributed by atoms with Crippen LogP contribution in [0.5, 0.6) is 0 Å². The van der Waals surface area contributed by atoms with Gasteiger partial charge in [0, 0.05) is 18.9 Å². The molecule has 0 radical (unpaired) electrons. The summed E-state index contributed by atoms with van der Waals surface area (Å²) in [6.45, 7) is 9.70. The van der Waals surface area contributed by atoms with Crippen molar-refractivity contribution in [1.82, 2.24) is 5.48 Å². The molecule has 0 bridgehead atoms. The molecule has 0 amide bonds. The van der Waals surface area contributed by atoms with Gasteiger partial charge in [-0.25, -0.2) is 0 Å². The topological polar surface area (TPSA) is 58.6 Å². The second-order valence-electron chi connectivity index (χ2n) is 7.70. The standard InChI is InChI=1S/C23H37NO3/c1-18(2)23(26)17-21(25)12-10-8-6-5-7-9-11-19(3)13-15-22-16-14-20(4)24-27-22/h5-7,9,11,20,22-24,26H,1,8,10,12-17H2,2-4H3/b6-5+,9-7+,19-11+. The smallest absolute Gasteiger partial charge is 0.135 e. The van der Waals surface area contributed by atoms with Gasteiger partial charge in [0.2, 0.25) is 0 Å². The predicted molar refractivity (Wildman–Crippen MR) is 112 cm³/mol. The Morgan fingerprint density at radius 2 is 2.04 bits per heavy atom. The van der Waals surface area contributed by atoms with E-state index in [1.807, 2.05) is 12.2 Å². The molecule has 1 aliphatic rings. The molecule has 1 aliphatic heterocycles. The van der Waals surface area contributed by atoms with Crippen molar-refractivity contribution in [3.05, 3.63) is 48.1 Å². The van der Waals surface area contributed by atoms with Crippen LogP contribution in [0.3, 0.4) is 0 Å². The molecule has 0 aromatic carbocycles. The molecule has 4 heteroatoms. The molecule has 0 aromatic rings. The summed E-state index contributed by atoms with van der Waals surface area (Å²) in [5, 5.41) is 9.61. The Morgan fingerprint density at radius 3 is 2.70 bits per heavy atom. The number of hydroxylamine groups is 1. The van der Waals surface area contributed by atoms with Gasteiger partial charge in [-0.1, -0.05) is 48.1 Å². The molecule has 3 atom stereocenters. The molecule has 0 aromatic heterocycles. The van der Waals surface area contributed by atoms with E-state index in [0.717, 1.165) is 32.1 Å². The van der Waals surface area contributed by atoms with E-state index >= 15 is 0 Å². The first-order chi connectivity index (χ1) is 12.9. The van der Waals surface area contributed by atoms with Crippen LogP contribution < -0.4 is 5.48 Å². The first kappa shape index (κ1) is 23.5. The van der Waals surface area contributed by atoms with Gasteiger partial charge in [-0.05, 0) is 59.3 Å². The lowest BCUT2D eigenvalue weighted by Gasteiger charge is -2.27. The van der Waals surface area contributed by atoms with Gasteiger partial charge in [-0.2, -0.15) is 5.48 Å². The van der Waals surface area contributed by atoms with Crippen molar-refractivity contribution < 1.29 is 14.7 Å². The van der Waals surface area contributed by atoms with Crippen LogP contribution in [0, 0.1) is 0 Å². The molecule has 152 valence electrons. The SMILES string of the molecule is C=C(C)C(O)CC(=O)CCC/C=C/C=C/C=C(\C)CCC1CCC(C)NO1. The first-order valence-electron chi connectivity index (χ1n) is 10.1. The molecule has 2 N–H and O–H groups in total. The van der Waals surface area contributed by atoms with Gasteiger partial charge in [-0.3, -0.25) is 9.63 Å². The fourth-order valence-corrected chi connectivity index (χ4v) is 2.81. The maximum absolute atomic E-state index is 11.7. The zero-order valence-corrected chi connectivity index (χ0v) is 17.2. The number of allylic oxidation sites excluding steroid dienone is 6. The number of hydrogen-bond acceptors (Lipinski definition) is 4. The van der Waals surface area contributed by atoms with Crippen LogP contribution in [-0.2, 0) is 9.63 Å². The molecule has 0 spiro atoms. The van der Waals surface area contributed by atoms with Gasteiger partial charge in [-0.15, -0.1) is 0 Å². The van der Waals surface area contributed by atoms with E-state index in [1.165, 1.54) is 12.0 Å². The average molecular weight is 376 g/mol. The van der Waals surface area contributed by atoms with E-state index in [0.29, 0.717) is 24.1 Å². The summed E-state index contributed by atoms with van der Waals surface area (Å²) in [6, 6.07) is 0.466. The molecule has 0 saturated carbocycles. The largest absolute Gasteiger partial charge is 0.388 e. The Hall–Kier alpha value is -1.49. The number of Topliss-reactive ketones (excluding diaryl/α,β-unsaturated/α-hetero) is 1. The minimum Gasteiger partial charge on any atom is -0.388 e. The molecule has 4 nitrogen and oxygen atoms in total. The van der Waals surface area contributed by atoms with Crippen molar-refractivity contribution >= 4 is 5.78 Å². The maximum Gasteiger partial charge on any atom is 0.135 e. The van der Waals surface area contributed by atoms with Gasteiger partial charge in [0.05, 0.1) is 12.2 Å². The van der Waals surface area contributed by atoms with E-state index < -0.39 is 6.10 Å². The highest BCUT2D eigenvalue weighted by molar-refractivity contribution is 5.79. The van der Waals surface area contributed by atoms with E-state index in [4.69, 9.17) is 4.84 Å². The van der Waals surface area contributed by atoms with Crippen LogP contribution in [-0.4, -0.2) is 29.1 Å². The number of nitrogens with one attached hydrogen (secondary N) is 1. The predicted octanol–water partition coefficient (Wildman–Crippen LogP) is 4.96. The number of ketones is 1. The third-order valence-corrected chi connectivity index (χ3v) is 4.77. The Balaban J connectivity index is 2.11. The lowest BCUT2D eigenvalue weighted by molar-refractivity contribution is -0.120. The Labute approximate surface area is 165 Å². The number of aliphatic hydroxyl groups is 1. The van der Waals surface area contributed by atoms with Crippen molar-refractivity contribution in [2.24, 2.45) is 0 Å². The van der Waals surface area contributed by atoms with E-state index in [9.17, 15) is 9.90 Å². The molecule has 0 aliphatic carbocycles. The van der Waals surface area contributed by atoms with Crippen LogP contribution in [0.15, 0.2) is 48.1 Å². The minimum atomic E-state index is -0.699. The molecule has 1 rings (SSSR count). The average Bonchev–Trinajstić information content (AvgIpc) is 2.63. The number of hydrogen-bond donors (Lipinski definition) is 2. The van der Waals surface area contributed by atoms with Gasteiger partial charge < -0.3 is 5.11 Å². The summed E-state index contributed by atoms with van der Waals surface area (Å²) >= 11 is 0. The molecule has 1 heterocycles. The fraction of sp³-hybridized carbons (Fsp3) is 0.609. The van der Waals surface area contributed by atoms with Crippen LogP contribution in [0.1, 0.15) is 72.1 Å². The Morgan fingerprint density at radius 1 is 1.26 bits per heavy atom. The third-order valence-electron chi connectivity index (χ3n) is 4.77. The van der Waals surface area contributed by atoms with Crippen molar-refractivity contribution in [2.75, 3.05) is 0 Å². The minimum absolute atomic E-state index is 0.0969. The highest BCUT2D eigenvalue weighted by Gasteiger charge is 2.17. The van der Waals surface area contributed by atoms with Crippen LogP contribution in [0.2, 0.25) is 0 Å². The summed E-state index contributed by atoms with van der Waals surface area (Å²) in [7, 11) is 0. The molecule has 1 saturated heterocycles. The Kier molecular flexibility index (Phi) is 11.9. The number of carbonyl (C=O) groups is 1. The zero-order chi connectivity index (χ0) is 20.1. The monoisotopic (exact) mass is 375 g/mol. The first-order valence-corrected chi connectivity index (χ1v) is 10.1. The molecule has 3 unspecified atom stereocenters. The highest BCUT2D eigenvalue weighted by atomic mass is 16.7. The van der Waals surface area contributed by atoms with E-state index in [1.54, 1.807) is 6.92 Å². The second kappa shape index (κ2) is 13.6. The zero-order valence-electron chi connectivity index (χ0n) is 17.2. The third kappa shape index (κ3) is 11.8. The number of aliphatic hydroxyl groups excluding tert-OH is 1. The highest BCUT2D eigenvalue weighted by Crippen LogP contribution is 2.18. The molecule has 1 fully saturated rings.